The van der Waals surface area contributed by atoms with E-state index in [2.05, 4.69) is 15.3 Å². The zero-order valence-corrected chi connectivity index (χ0v) is 8.21. The smallest absolute Gasteiger partial charge is 0.195 e. The summed E-state index contributed by atoms with van der Waals surface area (Å²) in [5.74, 6) is 0. The van der Waals surface area contributed by atoms with Gasteiger partial charge in [0.25, 0.3) is 0 Å². The molecule has 3 heterocycles. The Kier molecular flexibility index (Phi) is 1.82. The van der Waals surface area contributed by atoms with Gasteiger partial charge in [0.05, 0.1) is 5.39 Å². The van der Waals surface area contributed by atoms with Gasteiger partial charge >= 0.3 is 0 Å². The van der Waals surface area contributed by atoms with E-state index < -0.39 is 0 Å². The Labute approximate surface area is 86.4 Å². The highest BCUT2D eigenvalue weighted by atomic mass is 16.1. The molecule has 3 rings (SSSR count). The first-order valence-corrected chi connectivity index (χ1v) is 5.06. The maximum atomic E-state index is 12.1. The maximum absolute atomic E-state index is 12.1. The molecule has 2 aromatic rings. The third-order valence-corrected chi connectivity index (χ3v) is 2.81. The van der Waals surface area contributed by atoms with Gasteiger partial charge in [-0.1, -0.05) is 0 Å². The molecule has 4 heteroatoms. The van der Waals surface area contributed by atoms with Gasteiger partial charge in [-0.2, -0.15) is 0 Å². The van der Waals surface area contributed by atoms with Crippen molar-refractivity contribution in [2.75, 3.05) is 6.54 Å². The molecule has 0 aliphatic carbocycles. The third kappa shape index (κ3) is 1.26. The predicted molar refractivity (Wildman–Crippen MR) is 57.8 cm³/mol. The topological polar surface area (TPSA) is 57.8 Å². The lowest BCUT2D eigenvalue weighted by Gasteiger charge is -2.16. The summed E-state index contributed by atoms with van der Waals surface area (Å²) in [6.45, 7) is 1.58. The summed E-state index contributed by atoms with van der Waals surface area (Å²) in [4.78, 5) is 19.5. The molecule has 0 saturated carbocycles. The SMILES string of the molecule is O=c1c2c([nH]c3ncccc13)CCNC2. The van der Waals surface area contributed by atoms with Crippen molar-refractivity contribution in [1.82, 2.24) is 15.3 Å². The molecule has 2 aromatic heterocycles. The molecule has 15 heavy (non-hydrogen) atoms. The molecular formula is C11H11N3O. The highest BCUT2D eigenvalue weighted by Gasteiger charge is 2.14. The summed E-state index contributed by atoms with van der Waals surface area (Å²) in [7, 11) is 0. The highest BCUT2D eigenvalue weighted by molar-refractivity contribution is 5.75. The first-order valence-electron chi connectivity index (χ1n) is 5.06. The number of rotatable bonds is 0. The van der Waals surface area contributed by atoms with Gasteiger partial charge < -0.3 is 10.3 Å². The van der Waals surface area contributed by atoms with Gasteiger partial charge in [0.1, 0.15) is 5.65 Å². The summed E-state index contributed by atoms with van der Waals surface area (Å²) >= 11 is 0. The van der Waals surface area contributed by atoms with Gasteiger partial charge in [-0.25, -0.2) is 4.98 Å². The van der Waals surface area contributed by atoms with Crippen LogP contribution in [-0.2, 0) is 13.0 Å². The molecule has 0 bridgehead atoms. The highest BCUT2D eigenvalue weighted by Crippen LogP contribution is 2.11. The number of pyridine rings is 2. The summed E-state index contributed by atoms with van der Waals surface area (Å²) in [5.41, 5.74) is 2.70. The molecule has 2 N–H and O–H groups in total. The van der Waals surface area contributed by atoms with Crippen molar-refractivity contribution in [2.45, 2.75) is 13.0 Å². The zero-order valence-electron chi connectivity index (χ0n) is 8.21. The van der Waals surface area contributed by atoms with E-state index in [9.17, 15) is 4.79 Å². The first-order chi connectivity index (χ1) is 7.36. The van der Waals surface area contributed by atoms with Crippen molar-refractivity contribution in [3.8, 4) is 0 Å². The molecule has 0 amide bonds. The minimum Gasteiger partial charge on any atom is -0.343 e. The van der Waals surface area contributed by atoms with Gasteiger partial charge in [0.15, 0.2) is 5.43 Å². The fraction of sp³-hybridized carbons (Fsp3) is 0.273. The summed E-state index contributed by atoms with van der Waals surface area (Å²) in [6.07, 6.45) is 2.57. The fourth-order valence-corrected chi connectivity index (χ4v) is 2.03. The average Bonchev–Trinajstić information content (AvgIpc) is 2.30. The molecule has 0 saturated heterocycles. The Morgan fingerprint density at radius 3 is 3.27 bits per heavy atom. The molecule has 0 atom stereocenters. The Morgan fingerprint density at radius 2 is 2.33 bits per heavy atom. The lowest BCUT2D eigenvalue weighted by Crippen LogP contribution is -2.30. The van der Waals surface area contributed by atoms with Crippen LogP contribution in [0.3, 0.4) is 0 Å². The Hall–Kier alpha value is -1.68. The van der Waals surface area contributed by atoms with E-state index in [1.807, 2.05) is 6.07 Å². The van der Waals surface area contributed by atoms with Crippen LogP contribution in [0, 0.1) is 0 Å². The monoisotopic (exact) mass is 201 g/mol. The molecular weight excluding hydrogens is 190 g/mol. The van der Waals surface area contributed by atoms with E-state index in [0.29, 0.717) is 17.6 Å². The minimum atomic E-state index is 0.110. The van der Waals surface area contributed by atoms with Crippen LogP contribution in [0.25, 0.3) is 11.0 Å². The number of fused-ring (bicyclic) bond motifs is 2. The second kappa shape index (κ2) is 3.17. The van der Waals surface area contributed by atoms with Crippen LogP contribution < -0.4 is 10.7 Å². The number of hydrogen-bond acceptors (Lipinski definition) is 3. The van der Waals surface area contributed by atoms with Crippen molar-refractivity contribution in [1.29, 1.82) is 0 Å². The Balaban J connectivity index is 2.41. The van der Waals surface area contributed by atoms with Crippen molar-refractivity contribution >= 4 is 11.0 Å². The van der Waals surface area contributed by atoms with E-state index in [1.54, 1.807) is 12.3 Å². The summed E-state index contributed by atoms with van der Waals surface area (Å²) in [6, 6.07) is 3.61. The summed E-state index contributed by atoms with van der Waals surface area (Å²) in [5, 5.41) is 3.89. The van der Waals surface area contributed by atoms with Gasteiger partial charge in [-0.3, -0.25) is 4.79 Å². The minimum absolute atomic E-state index is 0.110. The molecule has 4 nitrogen and oxygen atoms in total. The molecule has 0 unspecified atom stereocenters. The van der Waals surface area contributed by atoms with Gasteiger partial charge in [0, 0.05) is 37.0 Å². The number of aromatic nitrogens is 2. The van der Waals surface area contributed by atoms with E-state index in [-0.39, 0.29) is 5.43 Å². The normalized spacial score (nSPS) is 15.2. The number of aromatic amines is 1. The number of H-pyrrole nitrogens is 1. The Bertz CT molecular complexity index is 574. The van der Waals surface area contributed by atoms with Crippen LogP contribution in [0.2, 0.25) is 0 Å². The average molecular weight is 201 g/mol. The molecule has 0 spiro atoms. The van der Waals surface area contributed by atoms with Crippen LogP contribution in [0.15, 0.2) is 23.1 Å². The van der Waals surface area contributed by atoms with Crippen molar-refractivity contribution in [3.63, 3.8) is 0 Å². The molecule has 0 aromatic carbocycles. The van der Waals surface area contributed by atoms with E-state index in [4.69, 9.17) is 0 Å². The molecule has 76 valence electrons. The van der Waals surface area contributed by atoms with Crippen LogP contribution in [0.5, 0.6) is 0 Å². The van der Waals surface area contributed by atoms with Crippen molar-refractivity contribution in [2.24, 2.45) is 0 Å². The van der Waals surface area contributed by atoms with Gasteiger partial charge in [-0.05, 0) is 12.1 Å². The number of nitrogens with one attached hydrogen (secondary N) is 2. The number of hydrogen-bond donors (Lipinski definition) is 2. The first kappa shape index (κ1) is 8.61. The fourth-order valence-electron chi connectivity index (χ4n) is 2.03. The zero-order chi connectivity index (χ0) is 10.3. The quantitative estimate of drug-likeness (QED) is 0.655. The molecule has 1 aliphatic rings. The van der Waals surface area contributed by atoms with Crippen molar-refractivity contribution in [3.05, 3.63) is 39.8 Å². The molecule has 0 fully saturated rings. The lowest BCUT2D eigenvalue weighted by molar-refractivity contribution is 0.629. The second-order valence-corrected chi connectivity index (χ2v) is 3.74. The summed E-state index contributed by atoms with van der Waals surface area (Å²) < 4.78 is 0. The lowest BCUT2D eigenvalue weighted by atomic mass is 10.1. The van der Waals surface area contributed by atoms with Crippen LogP contribution in [0.4, 0.5) is 0 Å². The van der Waals surface area contributed by atoms with Crippen LogP contribution in [0.1, 0.15) is 11.3 Å². The Morgan fingerprint density at radius 1 is 1.40 bits per heavy atom. The molecule has 0 radical (unpaired) electrons. The third-order valence-electron chi connectivity index (χ3n) is 2.81. The van der Waals surface area contributed by atoms with Gasteiger partial charge in [-0.15, -0.1) is 0 Å². The van der Waals surface area contributed by atoms with E-state index in [0.717, 1.165) is 24.2 Å². The van der Waals surface area contributed by atoms with E-state index in [1.165, 1.54) is 0 Å². The van der Waals surface area contributed by atoms with Crippen LogP contribution >= 0.6 is 0 Å². The predicted octanol–water partition coefficient (Wildman–Crippen LogP) is 0.569. The van der Waals surface area contributed by atoms with Crippen molar-refractivity contribution < 1.29 is 0 Å². The second-order valence-electron chi connectivity index (χ2n) is 3.74. The largest absolute Gasteiger partial charge is 0.343 e. The maximum Gasteiger partial charge on any atom is 0.195 e. The standard InChI is InChI=1S/C11H11N3O/c15-10-7-2-1-4-13-11(7)14-9-3-5-12-6-8(9)10/h1-2,4,12H,3,5-6H2,(H,13,14,15). The van der Waals surface area contributed by atoms with Gasteiger partial charge in [0.2, 0.25) is 0 Å². The molecule has 1 aliphatic heterocycles. The van der Waals surface area contributed by atoms with E-state index >= 15 is 0 Å². The van der Waals surface area contributed by atoms with Crippen LogP contribution in [-0.4, -0.2) is 16.5 Å². The number of nitrogens with zero attached hydrogens (tertiary/aromatic N) is 1.